The van der Waals surface area contributed by atoms with Crippen molar-refractivity contribution in [2.75, 3.05) is 0 Å². The van der Waals surface area contributed by atoms with E-state index in [4.69, 9.17) is 11.6 Å². The van der Waals surface area contributed by atoms with Crippen LogP contribution in [0.3, 0.4) is 0 Å². The molecule has 0 spiro atoms. The van der Waals surface area contributed by atoms with E-state index in [-0.39, 0.29) is 5.56 Å². The fraction of sp³-hybridized carbons (Fsp3) is 0.118. The van der Waals surface area contributed by atoms with Crippen LogP contribution >= 0.6 is 22.9 Å². The van der Waals surface area contributed by atoms with Gasteiger partial charge in [-0.3, -0.25) is 9.59 Å². The summed E-state index contributed by atoms with van der Waals surface area (Å²) in [6.07, 6.45) is 1.49. The van der Waals surface area contributed by atoms with Crippen LogP contribution in [0.25, 0.3) is 10.6 Å². The molecule has 0 fully saturated rings. The fourth-order valence-electron chi connectivity index (χ4n) is 2.20. The molecule has 0 atom stereocenters. The number of aromatic amines is 1. The summed E-state index contributed by atoms with van der Waals surface area (Å²) in [6.45, 7) is 2.19. The van der Waals surface area contributed by atoms with Crippen molar-refractivity contribution in [2.45, 2.75) is 13.5 Å². The number of aromatic nitrogens is 2. The minimum atomic E-state index is -0.413. The van der Waals surface area contributed by atoms with Crippen LogP contribution in [0.5, 0.6) is 0 Å². The van der Waals surface area contributed by atoms with E-state index in [1.54, 1.807) is 6.07 Å². The van der Waals surface area contributed by atoms with Crippen LogP contribution in [-0.2, 0) is 6.54 Å². The average Bonchev–Trinajstić information content (AvgIpc) is 2.94. The molecule has 24 heavy (non-hydrogen) atoms. The van der Waals surface area contributed by atoms with E-state index >= 15 is 0 Å². The van der Waals surface area contributed by atoms with Gasteiger partial charge in [-0.25, -0.2) is 4.98 Å². The number of pyridine rings is 1. The van der Waals surface area contributed by atoms with E-state index in [0.29, 0.717) is 11.6 Å². The van der Waals surface area contributed by atoms with Crippen LogP contribution in [0.2, 0.25) is 5.02 Å². The smallest absolute Gasteiger partial charge is 0.260 e. The van der Waals surface area contributed by atoms with Gasteiger partial charge in [0.05, 0.1) is 17.3 Å². The predicted octanol–water partition coefficient (Wildman–Crippen LogP) is 3.39. The minimum absolute atomic E-state index is 0.0889. The standard InChI is InChI=1S/C17H14ClN3O2S/c1-10-14(9-20-16(23)12-6-4-8-19-15(12)22)24-17(21-10)11-5-2-3-7-13(11)18/h2-8H,9H2,1H3,(H,19,22)(H,20,23). The molecule has 1 amide bonds. The molecule has 2 N–H and O–H groups in total. The number of H-pyrrole nitrogens is 1. The number of carbonyl (C=O) groups is 1. The Morgan fingerprint density at radius 1 is 1.29 bits per heavy atom. The van der Waals surface area contributed by atoms with Crippen LogP contribution in [-0.4, -0.2) is 15.9 Å². The number of nitrogens with zero attached hydrogens (tertiary/aromatic N) is 1. The van der Waals surface area contributed by atoms with Gasteiger partial charge >= 0.3 is 0 Å². The van der Waals surface area contributed by atoms with Crippen LogP contribution in [0, 0.1) is 6.92 Å². The third-order valence-electron chi connectivity index (χ3n) is 3.47. The molecule has 0 aliphatic heterocycles. The molecule has 0 aliphatic carbocycles. The Labute approximate surface area is 147 Å². The van der Waals surface area contributed by atoms with Gasteiger partial charge in [0.25, 0.3) is 11.5 Å². The Morgan fingerprint density at radius 2 is 2.08 bits per heavy atom. The summed E-state index contributed by atoms with van der Waals surface area (Å²) in [5.74, 6) is -0.413. The molecular weight excluding hydrogens is 346 g/mol. The van der Waals surface area contributed by atoms with Crippen molar-refractivity contribution in [1.82, 2.24) is 15.3 Å². The monoisotopic (exact) mass is 359 g/mol. The number of aryl methyl sites for hydroxylation is 1. The second kappa shape index (κ2) is 6.98. The van der Waals surface area contributed by atoms with Crippen LogP contribution in [0.4, 0.5) is 0 Å². The molecule has 0 saturated carbocycles. The summed E-state index contributed by atoms with van der Waals surface area (Å²) in [5.41, 5.74) is 1.38. The Bertz CT molecular complexity index is 949. The van der Waals surface area contributed by atoms with Gasteiger partial charge in [0.2, 0.25) is 0 Å². The molecule has 3 rings (SSSR count). The lowest BCUT2D eigenvalue weighted by Gasteiger charge is -2.03. The normalized spacial score (nSPS) is 10.6. The molecule has 0 bridgehead atoms. The van der Waals surface area contributed by atoms with E-state index < -0.39 is 11.5 Å². The molecule has 122 valence electrons. The number of hydrogen-bond donors (Lipinski definition) is 2. The molecule has 2 aromatic heterocycles. The predicted molar refractivity (Wildman–Crippen MR) is 95.5 cm³/mol. The Balaban J connectivity index is 1.77. The largest absolute Gasteiger partial charge is 0.347 e. The Hall–Kier alpha value is -2.44. The molecule has 0 saturated heterocycles. The number of carbonyl (C=O) groups excluding carboxylic acids is 1. The van der Waals surface area contributed by atoms with Gasteiger partial charge in [0.15, 0.2) is 0 Å². The number of hydrogen-bond acceptors (Lipinski definition) is 4. The number of thiazole rings is 1. The highest BCUT2D eigenvalue weighted by atomic mass is 35.5. The lowest BCUT2D eigenvalue weighted by atomic mass is 10.2. The minimum Gasteiger partial charge on any atom is -0.347 e. The van der Waals surface area contributed by atoms with Gasteiger partial charge in [-0.2, -0.15) is 0 Å². The molecule has 2 heterocycles. The van der Waals surface area contributed by atoms with Crippen molar-refractivity contribution >= 4 is 28.8 Å². The van der Waals surface area contributed by atoms with Gasteiger partial charge in [-0.05, 0) is 25.1 Å². The van der Waals surface area contributed by atoms with E-state index in [2.05, 4.69) is 15.3 Å². The van der Waals surface area contributed by atoms with Gasteiger partial charge in [-0.1, -0.05) is 29.8 Å². The molecule has 1 aromatic carbocycles. The zero-order valence-corrected chi connectivity index (χ0v) is 14.4. The van der Waals surface area contributed by atoms with Crippen molar-refractivity contribution in [3.8, 4) is 10.6 Å². The van der Waals surface area contributed by atoms with E-state index in [9.17, 15) is 9.59 Å². The molecule has 5 nitrogen and oxygen atoms in total. The van der Waals surface area contributed by atoms with E-state index in [1.807, 2.05) is 31.2 Å². The maximum Gasteiger partial charge on any atom is 0.260 e. The van der Waals surface area contributed by atoms with Crippen LogP contribution in [0.15, 0.2) is 47.4 Å². The van der Waals surface area contributed by atoms with Gasteiger partial charge < -0.3 is 10.3 Å². The molecule has 0 aliphatic rings. The number of amides is 1. The van der Waals surface area contributed by atoms with E-state index in [1.165, 1.54) is 23.6 Å². The molecule has 0 unspecified atom stereocenters. The Kier molecular flexibility index (Phi) is 4.78. The summed E-state index contributed by atoms with van der Waals surface area (Å²) >= 11 is 7.68. The topological polar surface area (TPSA) is 74.8 Å². The number of benzene rings is 1. The highest BCUT2D eigenvalue weighted by Crippen LogP contribution is 2.32. The van der Waals surface area contributed by atoms with Crippen molar-refractivity contribution in [3.05, 3.63) is 74.1 Å². The maximum absolute atomic E-state index is 12.1. The maximum atomic E-state index is 12.1. The number of halogens is 1. The second-order valence-corrected chi connectivity index (χ2v) is 6.59. The van der Waals surface area contributed by atoms with Crippen LogP contribution in [0.1, 0.15) is 20.9 Å². The van der Waals surface area contributed by atoms with E-state index in [0.717, 1.165) is 21.1 Å². The summed E-state index contributed by atoms with van der Waals surface area (Å²) in [4.78, 5) is 31.7. The van der Waals surface area contributed by atoms with Gasteiger partial charge in [-0.15, -0.1) is 11.3 Å². The zero-order chi connectivity index (χ0) is 17.1. The summed E-state index contributed by atoms with van der Waals surface area (Å²) in [5, 5.41) is 4.20. The summed E-state index contributed by atoms with van der Waals surface area (Å²) < 4.78 is 0. The third kappa shape index (κ3) is 3.39. The Morgan fingerprint density at radius 3 is 2.83 bits per heavy atom. The molecular formula is C17H14ClN3O2S. The first kappa shape index (κ1) is 16.4. The third-order valence-corrected chi connectivity index (χ3v) is 4.99. The van der Waals surface area contributed by atoms with Crippen LogP contribution < -0.4 is 10.9 Å². The second-order valence-electron chi connectivity index (χ2n) is 5.10. The van der Waals surface area contributed by atoms with Crippen molar-refractivity contribution in [3.63, 3.8) is 0 Å². The SMILES string of the molecule is Cc1nc(-c2ccccc2Cl)sc1CNC(=O)c1ccc[nH]c1=O. The van der Waals surface area contributed by atoms with Gasteiger partial charge in [0, 0.05) is 16.6 Å². The van der Waals surface area contributed by atoms with Crippen molar-refractivity contribution in [2.24, 2.45) is 0 Å². The first-order valence-corrected chi connectivity index (χ1v) is 8.43. The first-order chi connectivity index (χ1) is 11.6. The summed E-state index contributed by atoms with van der Waals surface area (Å²) in [7, 11) is 0. The highest BCUT2D eigenvalue weighted by Gasteiger charge is 2.14. The quantitative estimate of drug-likeness (QED) is 0.749. The van der Waals surface area contributed by atoms with Crippen molar-refractivity contribution < 1.29 is 4.79 Å². The molecule has 7 heteroatoms. The first-order valence-electron chi connectivity index (χ1n) is 7.23. The number of rotatable bonds is 4. The fourth-order valence-corrected chi connectivity index (χ4v) is 3.52. The number of nitrogens with one attached hydrogen (secondary N) is 2. The van der Waals surface area contributed by atoms with Crippen molar-refractivity contribution in [1.29, 1.82) is 0 Å². The lowest BCUT2D eigenvalue weighted by molar-refractivity contribution is 0.0949. The average molecular weight is 360 g/mol. The molecule has 0 radical (unpaired) electrons. The lowest BCUT2D eigenvalue weighted by Crippen LogP contribution is -2.28. The summed E-state index contributed by atoms with van der Waals surface area (Å²) in [6, 6.07) is 10.6. The highest BCUT2D eigenvalue weighted by molar-refractivity contribution is 7.15. The zero-order valence-electron chi connectivity index (χ0n) is 12.8. The van der Waals surface area contributed by atoms with Gasteiger partial charge in [0.1, 0.15) is 10.6 Å². The molecule has 3 aromatic rings.